The van der Waals surface area contributed by atoms with Gasteiger partial charge in [-0.05, 0) is 18.2 Å². The molecule has 2 aromatic carbocycles. The van der Waals surface area contributed by atoms with Gasteiger partial charge >= 0.3 is 6.18 Å². The van der Waals surface area contributed by atoms with Crippen molar-refractivity contribution < 1.29 is 23.1 Å². The first-order chi connectivity index (χ1) is 11.8. The molecule has 0 atom stereocenters. The fourth-order valence-electron chi connectivity index (χ4n) is 2.50. The number of aliphatic imine (C=N–C) groups is 1. The van der Waals surface area contributed by atoms with E-state index in [1.165, 1.54) is 18.2 Å². The molecular formula is C18H9F3N2O2. The lowest BCUT2D eigenvalue weighted by Crippen LogP contribution is -2.09. The summed E-state index contributed by atoms with van der Waals surface area (Å²) in [6.07, 6.45) is -4.56. The van der Waals surface area contributed by atoms with Crippen LogP contribution in [0.4, 0.5) is 18.9 Å². The van der Waals surface area contributed by atoms with Gasteiger partial charge in [0.05, 0.1) is 11.3 Å². The molecule has 0 spiro atoms. The first-order valence-electron chi connectivity index (χ1n) is 7.06. The number of aliphatic hydroxyl groups excluding tert-OH is 1. The number of rotatable bonds is 2. The zero-order valence-electron chi connectivity index (χ0n) is 12.5. The molecule has 4 nitrogen and oxygen atoms in total. The van der Waals surface area contributed by atoms with E-state index in [4.69, 9.17) is 0 Å². The Bertz CT molecular complexity index is 982. The monoisotopic (exact) mass is 342 g/mol. The maximum atomic E-state index is 12.8. The van der Waals surface area contributed by atoms with Gasteiger partial charge in [0.2, 0.25) is 0 Å². The van der Waals surface area contributed by atoms with Crippen LogP contribution < -0.4 is 0 Å². The molecule has 3 rings (SSSR count). The van der Waals surface area contributed by atoms with E-state index >= 15 is 0 Å². The lowest BCUT2D eigenvalue weighted by molar-refractivity contribution is -0.137. The van der Waals surface area contributed by atoms with Crippen LogP contribution in [0.15, 0.2) is 59.1 Å². The van der Waals surface area contributed by atoms with Crippen LogP contribution in [0.5, 0.6) is 0 Å². The Kier molecular flexibility index (Phi) is 3.89. The fourth-order valence-corrected chi connectivity index (χ4v) is 2.50. The molecule has 2 aromatic rings. The van der Waals surface area contributed by atoms with Crippen molar-refractivity contribution in [3.8, 4) is 6.07 Å². The van der Waals surface area contributed by atoms with Crippen LogP contribution in [0.2, 0.25) is 0 Å². The largest absolute Gasteiger partial charge is 0.506 e. The van der Waals surface area contributed by atoms with Crippen molar-refractivity contribution in [3.05, 3.63) is 70.8 Å². The number of alkyl halides is 3. The average molecular weight is 342 g/mol. The number of benzene rings is 2. The van der Waals surface area contributed by atoms with Crippen LogP contribution >= 0.6 is 0 Å². The summed E-state index contributed by atoms with van der Waals surface area (Å²) in [6.45, 7) is 0. The number of nitriles is 1. The zero-order valence-corrected chi connectivity index (χ0v) is 12.5. The van der Waals surface area contributed by atoms with Crippen molar-refractivity contribution in [2.75, 3.05) is 0 Å². The van der Waals surface area contributed by atoms with Crippen molar-refractivity contribution in [2.24, 2.45) is 4.99 Å². The number of ketones is 1. The molecule has 0 saturated heterocycles. The lowest BCUT2D eigenvalue weighted by Gasteiger charge is -2.07. The summed E-state index contributed by atoms with van der Waals surface area (Å²) in [4.78, 5) is 16.2. The number of hydrogen-bond donors (Lipinski definition) is 1. The van der Waals surface area contributed by atoms with Gasteiger partial charge in [-0.2, -0.15) is 18.4 Å². The summed E-state index contributed by atoms with van der Waals surface area (Å²) in [6, 6.07) is 11.9. The van der Waals surface area contributed by atoms with Crippen molar-refractivity contribution in [2.45, 2.75) is 6.18 Å². The molecule has 1 aliphatic carbocycles. The van der Waals surface area contributed by atoms with E-state index in [1.54, 1.807) is 18.2 Å². The Hall–Kier alpha value is -3.40. The van der Waals surface area contributed by atoms with Gasteiger partial charge in [0.15, 0.2) is 11.5 Å². The topological polar surface area (TPSA) is 73.4 Å². The highest BCUT2D eigenvalue weighted by molar-refractivity contribution is 6.39. The second kappa shape index (κ2) is 5.91. The van der Waals surface area contributed by atoms with Crippen LogP contribution in [0, 0.1) is 11.3 Å². The maximum absolute atomic E-state index is 12.8. The van der Waals surface area contributed by atoms with Gasteiger partial charge < -0.3 is 5.11 Å². The minimum Gasteiger partial charge on any atom is -0.506 e. The second-order valence-electron chi connectivity index (χ2n) is 5.22. The van der Waals surface area contributed by atoms with E-state index in [-0.39, 0.29) is 22.4 Å². The Morgan fingerprint density at radius 2 is 1.76 bits per heavy atom. The number of hydrogen-bond acceptors (Lipinski definition) is 4. The smallest absolute Gasteiger partial charge is 0.416 e. The molecule has 0 aliphatic heterocycles. The predicted molar refractivity (Wildman–Crippen MR) is 84.5 cm³/mol. The summed E-state index contributed by atoms with van der Waals surface area (Å²) in [5, 5.41) is 19.5. The Morgan fingerprint density at radius 3 is 2.36 bits per heavy atom. The van der Waals surface area contributed by atoms with Gasteiger partial charge in [0.1, 0.15) is 17.4 Å². The van der Waals surface area contributed by atoms with Crippen LogP contribution in [0.25, 0.3) is 5.76 Å². The highest BCUT2D eigenvalue weighted by Crippen LogP contribution is 2.34. The average Bonchev–Trinajstić information content (AvgIpc) is 2.84. The predicted octanol–water partition coefficient (Wildman–Crippen LogP) is 4.47. The molecule has 0 amide bonds. The van der Waals surface area contributed by atoms with Crippen molar-refractivity contribution in [1.82, 2.24) is 0 Å². The van der Waals surface area contributed by atoms with Crippen LogP contribution in [0.1, 0.15) is 21.5 Å². The van der Waals surface area contributed by atoms with E-state index in [0.29, 0.717) is 0 Å². The number of nitrogens with zero attached hydrogens (tertiary/aromatic N) is 2. The molecule has 1 N–H and O–H groups in total. The fraction of sp³-hybridized carbons (Fsp3) is 0.0556. The van der Waals surface area contributed by atoms with Crippen molar-refractivity contribution >= 4 is 22.9 Å². The highest BCUT2D eigenvalue weighted by atomic mass is 19.4. The molecular weight excluding hydrogens is 333 g/mol. The van der Waals surface area contributed by atoms with E-state index in [1.807, 2.05) is 0 Å². The Balaban J connectivity index is 2.08. The Labute approximate surface area is 140 Å². The number of carbonyl (C=O) groups excluding carboxylic acids is 1. The molecule has 0 bridgehead atoms. The van der Waals surface area contributed by atoms with Gasteiger partial charge in [-0.1, -0.05) is 30.3 Å². The minimum atomic E-state index is -4.56. The van der Waals surface area contributed by atoms with Gasteiger partial charge in [-0.25, -0.2) is 4.99 Å². The van der Waals surface area contributed by atoms with E-state index in [2.05, 4.69) is 4.99 Å². The molecule has 0 heterocycles. The van der Waals surface area contributed by atoms with Gasteiger partial charge in [-0.3, -0.25) is 4.79 Å². The number of halogens is 3. The van der Waals surface area contributed by atoms with Crippen molar-refractivity contribution in [1.29, 1.82) is 5.26 Å². The second-order valence-corrected chi connectivity index (χ2v) is 5.22. The van der Waals surface area contributed by atoms with Crippen LogP contribution in [-0.2, 0) is 6.18 Å². The summed E-state index contributed by atoms with van der Waals surface area (Å²) in [5.74, 6) is -1.01. The van der Waals surface area contributed by atoms with Gasteiger partial charge in [0.25, 0.3) is 0 Å². The zero-order chi connectivity index (χ0) is 18.2. The molecule has 25 heavy (non-hydrogen) atoms. The first kappa shape index (κ1) is 16.5. The third kappa shape index (κ3) is 2.90. The summed E-state index contributed by atoms with van der Waals surface area (Å²) in [7, 11) is 0. The van der Waals surface area contributed by atoms with Crippen molar-refractivity contribution in [3.63, 3.8) is 0 Å². The van der Waals surface area contributed by atoms with E-state index < -0.39 is 29.0 Å². The third-order valence-corrected chi connectivity index (χ3v) is 3.65. The molecule has 0 fully saturated rings. The first-order valence-corrected chi connectivity index (χ1v) is 7.06. The number of carbonyl (C=O) groups is 1. The number of allylic oxidation sites excluding steroid dienone is 1. The highest BCUT2D eigenvalue weighted by Gasteiger charge is 2.33. The van der Waals surface area contributed by atoms with E-state index in [0.717, 1.165) is 18.2 Å². The van der Waals surface area contributed by atoms with E-state index in [9.17, 15) is 28.3 Å². The maximum Gasteiger partial charge on any atom is 0.416 e. The molecule has 0 radical (unpaired) electrons. The summed E-state index contributed by atoms with van der Waals surface area (Å²) < 4.78 is 38.3. The molecule has 7 heteroatoms. The van der Waals surface area contributed by atoms with Gasteiger partial charge in [0, 0.05) is 11.1 Å². The molecule has 124 valence electrons. The SMILES string of the molecule is N#CC(=Nc1cccc(C(F)(F)F)c1)C1=C(O)c2ccccc2C1=O. The van der Waals surface area contributed by atoms with Crippen LogP contribution in [0.3, 0.4) is 0 Å². The van der Waals surface area contributed by atoms with Crippen LogP contribution in [-0.4, -0.2) is 16.6 Å². The normalized spacial score (nSPS) is 14.5. The minimum absolute atomic E-state index is 0.143. The Morgan fingerprint density at radius 1 is 1.08 bits per heavy atom. The standard InChI is InChI=1S/C18H9F3N2O2/c19-18(20,21)10-4-3-5-11(8-10)23-14(9-22)15-16(24)12-6-1-2-7-13(12)17(15)25/h1-8,24H. The lowest BCUT2D eigenvalue weighted by atomic mass is 10.1. The molecule has 0 unspecified atom stereocenters. The quantitative estimate of drug-likeness (QED) is 0.819. The number of aliphatic hydroxyl groups is 1. The summed E-state index contributed by atoms with van der Waals surface area (Å²) in [5.41, 5.74) is -1.36. The number of fused-ring (bicyclic) bond motifs is 1. The number of Topliss-reactive ketones (excluding diaryl/α,β-unsaturated/α-hetero) is 1. The molecule has 0 saturated carbocycles. The van der Waals surface area contributed by atoms with Gasteiger partial charge in [-0.15, -0.1) is 0 Å². The third-order valence-electron chi connectivity index (χ3n) is 3.65. The summed E-state index contributed by atoms with van der Waals surface area (Å²) >= 11 is 0. The molecule has 0 aromatic heterocycles. The molecule has 1 aliphatic rings.